The summed E-state index contributed by atoms with van der Waals surface area (Å²) in [6.07, 6.45) is 4.52. The van der Waals surface area contributed by atoms with E-state index < -0.39 is 5.60 Å². The van der Waals surface area contributed by atoms with Crippen molar-refractivity contribution in [2.24, 2.45) is 0 Å². The van der Waals surface area contributed by atoms with Crippen molar-refractivity contribution >= 4 is 5.82 Å². The van der Waals surface area contributed by atoms with Crippen molar-refractivity contribution in [2.45, 2.75) is 51.7 Å². The Bertz CT molecular complexity index is 418. The molecule has 0 amide bonds. The summed E-state index contributed by atoms with van der Waals surface area (Å²) in [5.74, 6) is 1.73. The maximum absolute atomic E-state index is 10.2. The van der Waals surface area contributed by atoms with Crippen LogP contribution < -0.4 is 9.64 Å². The highest BCUT2D eigenvalue weighted by Gasteiger charge is 2.26. The van der Waals surface area contributed by atoms with Crippen molar-refractivity contribution in [1.82, 2.24) is 4.98 Å². The third-order valence-corrected chi connectivity index (χ3v) is 3.48. The Morgan fingerprint density at radius 2 is 2.16 bits per heavy atom. The Hall–Kier alpha value is -1.29. The lowest BCUT2D eigenvalue weighted by Crippen LogP contribution is -2.29. The predicted molar refractivity (Wildman–Crippen MR) is 76.7 cm³/mol. The van der Waals surface area contributed by atoms with Gasteiger partial charge < -0.3 is 14.7 Å². The third kappa shape index (κ3) is 3.83. The van der Waals surface area contributed by atoms with Crippen LogP contribution in [0.2, 0.25) is 0 Å². The van der Waals surface area contributed by atoms with Gasteiger partial charge in [0.1, 0.15) is 0 Å². The summed E-state index contributed by atoms with van der Waals surface area (Å²) >= 11 is 0. The molecular formula is C15H24N2O2. The first-order chi connectivity index (χ1) is 8.98. The predicted octanol–water partition coefficient (Wildman–Crippen LogP) is 2.61. The van der Waals surface area contributed by atoms with Crippen molar-refractivity contribution < 1.29 is 9.84 Å². The van der Waals surface area contributed by atoms with E-state index in [0.717, 1.165) is 43.9 Å². The second-order valence-corrected chi connectivity index (χ2v) is 5.83. The molecule has 1 aromatic rings. The van der Waals surface area contributed by atoms with Crippen LogP contribution in [0.15, 0.2) is 18.3 Å². The molecule has 4 nitrogen and oxygen atoms in total. The molecule has 1 unspecified atom stereocenters. The van der Waals surface area contributed by atoms with E-state index >= 15 is 0 Å². The molecule has 0 bridgehead atoms. The number of anilines is 1. The lowest BCUT2D eigenvalue weighted by molar-refractivity contribution is 0.0481. The van der Waals surface area contributed by atoms with Gasteiger partial charge in [0.05, 0.1) is 11.7 Å². The zero-order valence-electron chi connectivity index (χ0n) is 12.1. The molecule has 1 aliphatic rings. The van der Waals surface area contributed by atoms with Crippen molar-refractivity contribution in [3.63, 3.8) is 0 Å². The molecular weight excluding hydrogens is 240 g/mol. The van der Waals surface area contributed by atoms with Crippen LogP contribution in [-0.4, -0.2) is 34.9 Å². The first-order valence-electron chi connectivity index (χ1n) is 7.07. The van der Waals surface area contributed by atoms with Crippen LogP contribution in [0.5, 0.6) is 5.75 Å². The van der Waals surface area contributed by atoms with E-state index in [0.29, 0.717) is 0 Å². The lowest BCUT2D eigenvalue weighted by atomic mass is 9.98. The van der Waals surface area contributed by atoms with Gasteiger partial charge >= 0.3 is 0 Å². The summed E-state index contributed by atoms with van der Waals surface area (Å²) in [5, 5.41) is 10.2. The number of nitrogens with zero attached hydrogens (tertiary/aromatic N) is 2. The molecule has 1 aromatic heterocycles. The molecule has 0 aliphatic carbocycles. The van der Waals surface area contributed by atoms with Crippen LogP contribution in [0.3, 0.4) is 0 Å². The fraction of sp³-hybridized carbons (Fsp3) is 0.667. The number of pyridine rings is 1. The van der Waals surface area contributed by atoms with Crippen LogP contribution >= 0.6 is 0 Å². The summed E-state index contributed by atoms with van der Waals surface area (Å²) in [6, 6.07) is 3.86. The Morgan fingerprint density at radius 1 is 1.37 bits per heavy atom. The van der Waals surface area contributed by atoms with E-state index in [2.05, 4.69) is 9.88 Å². The van der Waals surface area contributed by atoms with Crippen LogP contribution in [0.1, 0.15) is 40.0 Å². The molecule has 0 aromatic carbocycles. The average Bonchev–Trinajstić information content (AvgIpc) is 2.50. The van der Waals surface area contributed by atoms with Crippen LogP contribution in [0.25, 0.3) is 0 Å². The molecule has 1 fully saturated rings. The summed E-state index contributed by atoms with van der Waals surface area (Å²) in [7, 11) is 0. The van der Waals surface area contributed by atoms with Gasteiger partial charge in [-0.15, -0.1) is 0 Å². The highest BCUT2D eigenvalue weighted by atomic mass is 16.5. The fourth-order valence-corrected chi connectivity index (χ4v) is 2.44. The van der Waals surface area contributed by atoms with Crippen LogP contribution in [-0.2, 0) is 0 Å². The van der Waals surface area contributed by atoms with Crippen molar-refractivity contribution in [3.05, 3.63) is 18.3 Å². The number of aliphatic hydroxyl groups is 1. The third-order valence-electron chi connectivity index (χ3n) is 3.48. The summed E-state index contributed by atoms with van der Waals surface area (Å²) < 4.78 is 5.82. The highest BCUT2D eigenvalue weighted by Crippen LogP contribution is 2.30. The monoisotopic (exact) mass is 264 g/mol. The zero-order valence-corrected chi connectivity index (χ0v) is 12.1. The molecule has 106 valence electrons. The number of hydrogen-bond donors (Lipinski definition) is 1. The van der Waals surface area contributed by atoms with Gasteiger partial charge in [0.25, 0.3) is 0 Å². The molecule has 0 spiro atoms. The standard InChI is InChI=1S/C15H24N2O2/c1-12(2)19-13-6-4-9-16-14(13)17-10-5-7-15(3,18)8-11-17/h4,6,9,12,18H,5,7-8,10-11H2,1-3H3. The van der Waals surface area contributed by atoms with E-state index in [1.54, 1.807) is 6.20 Å². The zero-order chi connectivity index (χ0) is 13.9. The minimum absolute atomic E-state index is 0.137. The number of hydrogen-bond acceptors (Lipinski definition) is 4. The first kappa shape index (κ1) is 14.1. The van der Waals surface area contributed by atoms with Crippen molar-refractivity contribution in [3.8, 4) is 5.75 Å². The smallest absolute Gasteiger partial charge is 0.171 e. The summed E-state index contributed by atoms with van der Waals surface area (Å²) in [4.78, 5) is 6.69. The maximum atomic E-state index is 10.2. The molecule has 1 N–H and O–H groups in total. The van der Waals surface area contributed by atoms with E-state index in [-0.39, 0.29) is 6.10 Å². The molecule has 1 atom stereocenters. The van der Waals surface area contributed by atoms with E-state index in [4.69, 9.17) is 4.74 Å². The lowest BCUT2D eigenvalue weighted by Gasteiger charge is -2.25. The fourth-order valence-electron chi connectivity index (χ4n) is 2.44. The van der Waals surface area contributed by atoms with E-state index in [1.165, 1.54) is 0 Å². The van der Waals surface area contributed by atoms with Gasteiger partial charge in [-0.2, -0.15) is 0 Å². The average molecular weight is 264 g/mol. The quantitative estimate of drug-likeness (QED) is 0.911. The van der Waals surface area contributed by atoms with E-state index in [9.17, 15) is 5.11 Å². The largest absolute Gasteiger partial charge is 0.487 e. The van der Waals surface area contributed by atoms with Gasteiger partial charge in [-0.3, -0.25) is 0 Å². The normalized spacial score (nSPS) is 24.4. The molecule has 1 saturated heterocycles. The topological polar surface area (TPSA) is 45.6 Å². The van der Waals surface area contributed by atoms with Crippen LogP contribution in [0, 0.1) is 0 Å². The molecule has 0 saturated carbocycles. The Kier molecular flexibility index (Phi) is 4.30. The first-order valence-corrected chi connectivity index (χ1v) is 7.07. The highest BCUT2D eigenvalue weighted by molar-refractivity contribution is 5.52. The molecule has 2 rings (SSSR count). The van der Waals surface area contributed by atoms with E-state index in [1.807, 2.05) is 32.9 Å². The molecule has 4 heteroatoms. The Labute approximate surface area is 115 Å². The molecule has 1 aliphatic heterocycles. The second-order valence-electron chi connectivity index (χ2n) is 5.83. The van der Waals surface area contributed by atoms with Crippen molar-refractivity contribution in [2.75, 3.05) is 18.0 Å². The van der Waals surface area contributed by atoms with Gasteiger partial charge in [-0.05, 0) is 52.2 Å². The minimum atomic E-state index is -0.553. The van der Waals surface area contributed by atoms with Gasteiger partial charge in [-0.25, -0.2) is 4.98 Å². The molecule has 19 heavy (non-hydrogen) atoms. The second kappa shape index (κ2) is 5.78. The Balaban J connectivity index is 2.17. The number of ether oxygens (including phenoxy) is 1. The van der Waals surface area contributed by atoms with Crippen LogP contribution in [0.4, 0.5) is 5.82 Å². The summed E-state index contributed by atoms with van der Waals surface area (Å²) in [6.45, 7) is 7.69. The SMILES string of the molecule is CC(C)Oc1cccnc1N1CCCC(C)(O)CC1. The Morgan fingerprint density at radius 3 is 2.89 bits per heavy atom. The van der Waals surface area contributed by atoms with Crippen molar-refractivity contribution in [1.29, 1.82) is 0 Å². The molecule has 2 heterocycles. The summed E-state index contributed by atoms with van der Waals surface area (Å²) in [5.41, 5.74) is -0.553. The van der Waals surface area contributed by atoms with Gasteiger partial charge in [-0.1, -0.05) is 0 Å². The van der Waals surface area contributed by atoms with Gasteiger partial charge in [0.2, 0.25) is 0 Å². The minimum Gasteiger partial charge on any atom is -0.487 e. The maximum Gasteiger partial charge on any atom is 0.171 e. The number of aromatic nitrogens is 1. The van der Waals surface area contributed by atoms with Gasteiger partial charge in [0.15, 0.2) is 11.6 Å². The number of rotatable bonds is 3. The molecule has 0 radical (unpaired) electrons. The van der Waals surface area contributed by atoms with Gasteiger partial charge in [0, 0.05) is 19.3 Å².